The molecule has 1 saturated heterocycles. The van der Waals surface area contributed by atoms with Gasteiger partial charge in [-0.2, -0.15) is 0 Å². The molecule has 3 aromatic rings. The van der Waals surface area contributed by atoms with Gasteiger partial charge < -0.3 is 24.1 Å². The first-order valence-electron chi connectivity index (χ1n) is 11.7. The van der Waals surface area contributed by atoms with Gasteiger partial charge in [-0.1, -0.05) is 18.2 Å². The van der Waals surface area contributed by atoms with E-state index in [4.69, 9.17) is 18.9 Å². The van der Waals surface area contributed by atoms with Gasteiger partial charge in [0.25, 0.3) is 11.7 Å². The number of methoxy groups -OCH3 is 3. The summed E-state index contributed by atoms with van der Waals surface area (Å²) in [5, 5.41) is 11.4. The number of nitrogens with zero attached hydrogens (tertiary/aromatic N) is 1. The van der Waals surface area contributed by atoms with Crippen molar-refractivity contribution in [2.75, 3.05) is 32.8 Å². The number of carbonyl (C=O) groups is 2. The number of carbonyl (C=O) groups excluding carboxylic acids is 2. The van der Waals surface area contributed by atoms with E-state index in [0.717, 1.165) is 5.56 Å². The number of Topliss-reactive ketones (excluding diaryl/α,β-unsaturated/α-hetero) is 1. The van der Waals surface area contributed by atoms with Crippen LogP contribution < -0.4 is 23.8 Å². The molecule has 0 spiro atoms. The topological polar surface area (TPSA) is 94.5 Å². The quantitative estimate of drug-likeness (QED) is 0.261. The van der Waals surface area contributed by atoms with Gasteiger partial charge in [0.1, 0.15) is 5.76 Å². The van der Waals surface area contributed by atoms with Crippen molar-refractivity contribution in [1.82, 2.24) is 0 Å². The van der Waals surface area contributed by atoms with Gasteiger partial charge in [0.05, 0.1) is 39.6 Å². The van der Waals surface area contributed by atoms with Crippen LogP contribution in [0.5, 0.6) is 23.0 Å². The van der Waals surface area contributed by atoms with Gasteiger partial charge in [-0.3, -0.25) is 14.5 Å². The predicted molar refractivity (Wildman–Crippen MR) is 140 cm³/mol. The molecule has 37 heavy (non-hydrogen) atoms. The number of aliphatic hydroxyl groups excluding tert-OH is 1. The van der Waals surface area contributed by atoms with Crippen LogP contribution in [0.4, 0.5) is 5.69 Å². The fraction of sp³-hybridized carbons (Fsp3) is 0.241. The lowest BCUT2D eigenvalue weighted by Crippen LogP contribution is -2.29. The van der Waals surface area contributed by atoms with Crippen molar-refractivity contribution >= 4 is 23.1 Å². The third-order valence-corrected chi connectivity index (χ3v) is 6.18. The second-order valence-corrected chi connectivity index (χ2v) is 8.42. The van der Waals surface area contributed by atoms with E-state index in [2.05, 4.69) is 0 Å². The number of hydrogen-bond donors (Lipinski definition) is 1. The number of rotatable bonds is 8. The van der Waals surface area contributed by atoms with Crippen molar-refractivity contribution in [3.05, 3.63) is 82.9 Å². The Hall–Kier alpha value is -4.46. The van der Waals surface area contributed by atoms with Crippen LogP contribution in [0.1, 0.15) is 29.7 Å². The minimum absolute atomic E-state index is 0.0497. The Morgan fingerprint density at radius 3 is 2.19 bits per heavy atom. The van der Waals surface area contributed by atoms with E-state index in [-0.39, 0.29) is 11.3 Å². The molecule has 1 aliphatic heterocycles. The van der Waals surface area contributed by atoms with Crippen molar-refractivity contribution in [3.63, 3.8) is 0 Å². The van der Waals surface area contributed by atoms with Gasteiger partial charge in [0, 0.05) is 11.3 Å². The molecule has 1 atom stereocenters. The van der Waals surface area contributed by atoms with Crippen LogP contribution >= 0.6 is 0 Å². The molecule has 0 aromatic heterocycles. The molecular weight excluding hydrogens is 474 g/mol. The molecule has 8 nitrogen and oxygen atoms in total. The summed E-state index contributed by atoms with van der Waals surface area (Å²) in [5.74, 6) is -0.0555. The standard InChI is InChI=1S/C29H29NO7/c1-6-37-24-15-18(10-12-22(24)35-4)26-25(27(31)19-11-13-21(34-3)23(16-19)36-5)28(32)29(33)30(26)20-9-7-8-17(2)14-20/h7-16,26,31H,6H2,1-5H3/b27-25-. The summed E-state index contributed by atoms with van der Waals surface area (Å²) < 4.78 is 21.8. The number of aryl methyl sites for hydroxylation is 1. The summed E-state index contributed by atoms with van der Waals surface area (Å²) in [6.45, 7) is 4.14. The molecule has 0 radical (unpaired) electrons. The van der Waals surface area contributed by atoms with E-state index < -0.39 is 17.7 Å². The summed E-state index contributed by atoms with van der Waals surface area (Å²) in [4.78, 5) is 28.3. The van der Waals surface area contributed by atoms with Crippen LogP contribution in [-0.2, 0) is 9.59 Å². The Balaban J connectivity index is 1.97. The first-order valence-corrected chi connectivity index (χ1v) is 11.7. The zero-order valence-electron chi connectivity index (χ0n) is 21.4. The summed E-state index contributed by atoms with van der Waals surface area (Å²) in [5.41, 5.74) is 2.29. The van der Waals surface area contributed by atoms with E-state index in [1.54, 1.807) is 42.5 Å². The van der Waals surface area contributed by atoms with Gasteiger partial charge >= 0.3 is 0 Å². The molecule has 1 N–H and O–H groups in total. The van der Waals surface area contributed by atoms with Gasteiger partial charge in [0.15, 0.2) is 23.0 Å². The SMILES string of the molecule is CCOc1cc(C2/C(=C(/O)c3ccc(OC)c(OC)c3)C(=O)C(=O)N2c2cccc(C)c2)ccc1OC. The minimum Gasteiger partial charge on any atom is -0.507 e. The maximum absolute atomic E-state index is 13.5. The molecule has 1 aliphatic rings. The third kappa shape index (κ3) is 4.70. The molecule has 0 aliphatic carbocycles. The Kier molecular flexibility index (Phi) is 7.38. The van der Waals surface area contributed by atoms with Gasteiger partial charge in [-0.15, -0.1) is 0 Å². The van der Waals surface area contributed by atoms with Crippen LogP contribution in [0.2, 0.25) is 0 Å². The maximum Gasteiger partial charge on any atom is 0.300 e. The van der Waals surface area contributed by atoms with E-state index >= 15 is 0 Å². The third-order valence-electron chi connectivity index (χ3n) is 6.18. The van der Waals surface area contributed by atoms with E-state index in [1.165, 1.54) is 26.2 Å². The zero-order valence-corrected chi connectivity index (χ0v) is 21.4. The number of benzene rings is 3. The molecular formula is C29H29NO7. The average molecular weight is 504 g/mol. The fourth-order valence-electron chi connectivity index (χ4n) is 4.46. The number of amides is 1. The van der Waals surface area contributed by atoms with Crippen molar-refractivity contribution in [3.8, 4) is 23.0 Å². The van der Waals surface area contributed by atoms with Gasteiger partial charge in [0.2, 0.25) is 0 Å². The van der Waals surface area contributed by atoms with Crippen LogP contribution in [0.3, 0.4) is 0 Å². The lowest BCUT2D eigenvalue weighted by Gasteiger charge is -2.26. The van der Waals surface area contributed by atoms with Crippen LogP contribution in [0, 0.1) is 6.92 Å². The molecule has 1 heterocycles. The van der Waals surface area contributed by atoms with E-state index in [0.29, 0.717) is 46.4 Å². The molecule has 1 unspecified atom stereocenters. The summed E-state index contributed by atoms with van der Waals surface area (Å²) in [6, 6.07) is 16.4. The number of ketones is 1. The molecule has 1 fully saturated rings. The molecule has 192 valence electrons. The van der Waals surface area contributed by atoms with Crippen LogP contribution in [0.15, 0.2) is 66.2 Å². The van der Waals surface area contributed by atoms with Crippen LogP contribution in [-0.4, -0.2) is 44.7 Å². The molecule has 4 rings (SSSR count). The van der Waals surface area contributed by atoms with Crippen molar-refractivity contribution in [1.29, 1.82) is 0 Å². The Morgan fingerprint density at radius 1 is 0.865 bits per heavy atom. The van der Waals surface area contributed by atoms with Crippen molar-refractivity contribution in [2.45, 2.75) is 19.9 Å². The number of anilines is 1. The number of ether oxygens (including phenoxy) is 4. The first kappa shape index (κ1) is 25.6. The zero-order chi connectivity index (χ0) is 26.7. The summed E-state index contributed by atoms with van der Waals surface area (Å²) >= 11 is 0. The number of aliphatic hydroxyl groups is 1. The lowest BCUT2D eigenvalue weighted by molar-refractivity contribution is -0.132. The Bertz CT molecular complexity index is 1380. The number of hydrogen-bond acceptors (Lipinski definition) is 7. The maximum atomic E-state index is 13.5. The fourth-order valence-corrected chi connectivity index (χ4v) is 4.46. The lowest BCUT2D eigenvalue weighted by atomic mass is 9.94. The smallest absolute Gasteiger partial charge is 0.300 e. The Labute approximate surface area is 215 Å². The first-order chi connectivity index (χ1) is 17.8. The van der Waals surface area contributed by atoms with Crippen molar-refractivity contribution < 1.29 is 33.6 Å². The van der Waals surface area contributed by atoms with Crippen molar-refractivity contribution in [2.24, 2.45) is 0 Å². The summed E-state index contributed by atoms with van der Waals surface area (Å²) in [6.07, 6.45) is 0. The minimum atomic E-state index is -0.917. The predicted octanol–water partition coefficient (Wildman–Crippen LogP) is 5.05. The second-order valence-electron chi connectivity index (χ2n) is 8.42. The average Bonchev–Trinajstić information content (AvgIpc) is 3.18. The highest BCUT2D eigenvalue weighted by atomic mass is 16.5. The molecule has 0 bridgehead atoms. The van der Waals surface area contributed by atoms with E-state index in [1.807, 2.05) is 32.0 Å². The van der Waals surface area contributed by atoms with Gasteiger partial charge in [-0.25, -0.2) is 0 Å². The highest BCUT2D eigenvalue weighted by Gasteiger charge is 2.47. The normalized spacial score (nSPS) is 16.6. The van der Waals surface area contributed by atoms with Gasteiger partial charge in [-0.05, 0) is 67.4 Å². The monoisotopic (exact) mass is 503 g/mol. The molecule has 1 amide bonds. The van der Waals surface area contributed by atoms with E-state index in [9.17, 15) is 14.7 Å². The molecule has 8 heteroatoms. The molecule has 0 saturated carbocycles. The Morgan fingerprint density at radius 2 is 1.54 bits per heavy atom. The second kappa shape index (κ2) is 10.7. The van der Waals surface area contributed by atoms with Crippen LogP contribution in [0.25, 0.3) is 5.76 Å². The highest BCUT2D eigenvalue weighted by molar-refractivity contribution is 6.51. The molecule has 3 aromatic carbocycles. The largest absolute Gasteiger partial charge is 0.507 e. The highest BCUT2D eigenvalue weighted by Crippen LogP contribution is 2.45. The summed E-state index contributed by atoms with van der Waals surface area (Å²) in [7, 11) is 4.52.